The third-order valence-electron chi connectivity index (χ3n) is 10.1. The van der Waals surface area contributed by atoms with E-state index in [2.05, 4.69) is 34.3 Å². The van der Waals surface area contributed by atoms with Crippen molar-refractivity contribution in [2.45, 2.75) is 79.1 Å². The Kier molecular flexibility index (Phi) is 7.47. The highest BCUT2D eigenvalue weighted by Gasteiger charge is 2.52. The lowest BCUT2D eigenvalue weighted by atomic mass is 9.47. The molecule has 0 spiro atoms. The van der Waals surface area contributed by atoms with Crippen LogP contribution in [0.5, 0.6) is 23.0 Å². The molecular weight excluding hydrogens is 516 g/mol. The van der Waals surface area contributed by atoms with Crippen LogP contribution in [0.1, 0.15) is 78.2 Å². The van der Waals surface area contributed by atoms with Crippen molar-refractivity contribution in [2.75, 3.05) is 0 Å². The van der Waals surface area contributed by atoms with Crippen LogP contribution >= 0.6 is 0 Å². The van der Waals surface area contributed by atoms with Crippen molar-refractivity contribution in [1.29, 1.82) is 0 Å². The van der Waals surface area contributed by atoms with Crippen LogP contribution in [-0.4, -0.2) is 20.4 Å². The number of fused-ring (bicyclic) bond motifs is 2. The number of hydrogen-bond acceptors (Lipinski definition) is 6. The van der Waals surface area contributed by atoms with Crippen molar-refractivity contribution in [1.82, 2.24) is 0 Å². The van der Waals surface area contributed by atoms with Gasteiger partial charge < -0.3 is 24.8 Å². The molecule has 4 N–H and O–H groups in total. The van der Waals surface area contributed by atoms with Crippen molar-refractivity contribution in [3.05, 3.63) is 69.9 Å². The second kappa shape index (κ2) is 10.6. The highest BCUT2D eigenvalue weighted by atomic mass is 16.4. The van der Waals surface area contributed by atoms with Crippen molar-refractivity contribution in [3.63, 3.8) is 0 Å². The zero-order chi connectivity index (χ0) is 29.7. The summed E-state index contributed by atoms with van der Waals surface area (Å²) < 4.78 is 5.75. The number of phenols is 3. The van der Waals surface area contributed by atoms with E-state index in [1.54, 1.807) is 0 Å². The quantitative estimate of drug-likeness (QED) is 0.226. The lowest BCUT2D eigenvalue weighted by Gasteiger charge is -2.58. The third-order valence-corrected chi connectivity index (χ3v) is 10.1. The van der Waals surface area contributed by atoms with Crippen molar-refractivity contribution in [3.8, 4) is 34.3 Å². The Balaban J connectivity index is 1.38. The van der Waals surface area contributed by atoms with Gasteiger partial charge in [0.1, 0.15) is 28.2 Å². The van der Waals surface area contributed by atoms with Gasteiger partial charge in [0.05, 0.1) is 0 Å². The average molecular weight is 559 g/mol. The van der Waals surface area contributed by atoms with Gasteiger partial charge in [-0.05, 0) is 98.8 Å². The molecule has 5 rings (SSSR count). The zero-order valence-corrected chi connectivity index (χ0v) is 24.6. The SMILES string of the molecule is C=C1CC[C@H]2C(C)(C)CCC[C@]2(C)[C@H]1CCC(C)=CCc1c(O)cc2oc(-c3ccc(O)cc3)c(O)c(=O)c2c1O. The molecule has 1 heterocycles. The van der Waals surface area contributed by atoms with E-state index >= 15 is 0 Å². The predicted molar refractivity (Wildman–Crippen MR) is 162 cm³/mol. The van der Waals surface area contributed by atoms with E-state index in [0.29, 0.717) is 22.8 Å². The highest BCUT2D eigenvalue weighted by Crippen LogP contribution is 2.61. The number of aromatic hydroxyl groups is 4. The van der Waals surface area contributed by atoms with Gasteiger partial charge in [0.15, 0.2) is 5.76 Å². The molecule has 2 aromatic carbocycles. The fourth-order valence-electron chi connectivity index (χ4n) is 7.92. The molecule has 41 heavy (non-hydrogen) atoms. The summed E-state index contributed by atoms with van der Waals surface area (Å²) in [6.07, 6.45) is 10.3. The molecule has 0 saturated heterocycles. The Morgan fingerprint density at radius 2 is 1.78 bits per heavy atom. The van der Waals surface area contributed by atoms with Crippen LogP contribution in [0.4, 0.5) is 0 Å². The van der Waals surface area contributed by atoms with Crippen LogP contribution in [0.15, 0.2) is 63.3 Å². The Hall–Kier alpha value is -3.67. The molecule has 1 aromatic heterocycles. The molecule has 2 saturated carbocycles. The van der Waals surface area contributed by atoms with Gasteiger partial charge in [-0.25, -0.2) is 0 Å². The highest BCUT2D eigenvalue weighted by molar-refractivity contribution is 5.89. The second-order valence-corrected chi connectivity index (χ2v) is 13.2. The first-order valence-corrected chi connectivity index (χ1v) is 14.7. The van der Waals surface area contributed by atoms with Gasteiger partial charge in [-0.1, -0.05) is 51.0 Å². The molecule has 2 aliphatic rings. The van der Waals surface area contributed by atoms with Crippen LogP contribution < -0.4 is 5.43 Å². The molecule has 3 atom stereocenters. The molecule has 0 amide bonds. The lowest BCUT2D eigenvalue weighted by molar-refractivity contribution is -0.0539. The van der Waals surface area contributed by atoms with Crippen LogP contribution in [0, 0.1) is 22.7 Å². The maximum absolute atomic E-state index is 13.1. The number of rotatable bonds is 6. The van der Waals surface area contributed by atoms with Gasteiger partial charge in [-0.2, -0.15) is 0 Å². The Morgan fingerprint density at radius 1 is 1.07 bits per heavy atom. The Morgan fingerprint density at radius 3 is 2.49 bits per heavy atom. The number of benzene rings is 2. The van der Waals surface area contributed by atoms with E-state index in [1.807, 2.05) is 6.08 Å². The van der Waals surface area contributed by atoms with Crippen LogP contribution in [0.25, 0.3) is 22.3 Å². The molecule has 3 aromatic rings. The molecule has 218 valence electrons. The summed E-state index contributed by atoms with van der Waals surface area (Å²) in [5, 5.41) is 41.8. The summed E-state index contributed by atoms with van der Waals surface area (Å²) in [7, 11) is 0. The van der Waals surface area contributed by atoms with Gasteiger partial charge in [-0.3, -0.25) is 4.79 Å². The van der Waals surface area contributed by atoms with Crippen LogP contribution in [-0.2, 0) is 6.42 Å². The molecule has 6 nitrogen and oxygen atoms in total. The third kappa shape index (κ3) is 5.13. The van der Waals surface area contributed by atoms with Gasteiger partial charge in [0.2, 0.25) is 11.2 Å². The van der Waals surface area contributed by atoms with E-state index in [-0.39, 0.29) is 45.6 Å². The lowest BCUT2D eigenvalue weighted by Crippen LogP contribution is -2.49. The number of phenolic OH excluding ortho intramolecular Hbond substituents is 3. The van der Waals surface area contributed by atoms with Crippen molar-refractivity contribution >= 4 is 11.0 Å². The van der Waals surface area contributed by atoms with Crippen LogP contribution in [0.2, 0.25) is 0 Å². The van der Waals surface area contributed by atoms with E-state index in [1.165, 1.54) is 61.6 Å². The normalized spacial score (nSPS) is 24.4. The first kappa shape index (κ1) is 28.8. The van der Waals surface area contributed by atoms with E-state index in [4.69, 9.17) is 4.42 Å². The Bertz CT molecular complexity index is 1580. The molecule has 0 bridgehead atoms. The summed E-state index contributed by atoms with van der Waals surface area (Å²) in [6, 6.07) is 7.11. The summed E-state index contributed by atoms with van der Waals surface area (Å²) in [6.45, 7) is 13.9. The molecule has 0 aliphatic heterocycles. The summed E-state index contributed by atoms with van der Waals surface area (Å²) in [5.74, 6) is -0.135. The number of allylic oxidation sites excluding steroid dienone is 3. The van der Waals surface area contributed by atoms with Gasteiger partial charge in [0, 0.05) is 17.2 Å². The van der Waals surface area contributed by atoms with Crippen molar-refractivity contribution < 1.29 is 24.8 Å². The minimum absolute atomic E-state index is 0.0275. The monoisotopic (exact) mass is 558 g/mol. The topological polar surface area (TPSA) is 111 Å². The average Bonchev–Trinajstić information content (AvgIpc) is 2.90. The summed E-state index contributed by atoms with van der Waals surface area (Å²) in [4.78, 5) is 13.1. The first-order chi connectivity index (χ1) is 19.3. The summed E-state index contributed by atoms with van der Waals surface area (Å²) in [5.41, 5.74) is 2.90. The standard InChI is InChI=1S/C35H42O6/c1-20(8-15-25-21(2)9-16-28-34(3,4)17-6-18-35(25,28)5)7-14-24-26(37)19-27-29(30(24)38)31(39)32(40)33(41-27)22-10-12-23(36)13-11-22/h7,10-13,19,25,28,36-38,40H,2,6,8-9,14-18H2,1,3-5H3/t25-,28-,35+/m0/s1. The fourth-order valence-corrected chi connectivity index (χ4v) is 7.92. The molecule has 2 aliphatic carbocycles. The minimum Gasteiger partial charge on any atom is -0.508 e. The molecule has 0 radical (unpaired) electrons. The molecular formula is C35H42O6. The maximum atomic E-state index is 13.1. The largest absolute Gasteiger partial charge is 0.508 e. The second-order valence-electron chi connectivity index (χ2n) is 13.2. The predicted octanol–water partition coefficient (Wildman–Crippen LogP) is 8.35. The maximum Gasteiger partial charge on any atom is 0.238 e. The molecule has 6 heteroatoms. The fraction of sp³-hybridized carbons (Fsp3) is 0.457. The van der Waals surface area contributed by atoms with E-state index in [0.717, 1.165) is 24.8 Å². The van der Waals surface area contributed by atoms with Gasteiger partial charge in [0.25, 0.3) is 0 Å². The zero-order valence-electron chi connectivity index (χ0n) is 24.6. The molecule has 2 fully saturated rings. The van der Waals surface area contributed by atoms with Gasteiger partial charge in [-0.15, -0.1) is 0 Å². The number of hydrogen-bond donors (Lipinski definition) is 4. The van der Waals surface area contributed by atoms with Gasteiger partial charge >= 0.3 is 0 Å². The van der Waals surface area contributed by atoms with Crippen LogP contribution in [0.3, 0.4) is 0 Å². The molecule has 0 unspecified atom stereocenters. The van der Waals surface area contributed by atoms with Crippen molar-refractivity contribution in [2.24, 2.45) is 22.7 Å². The smallest absolute Gasteiger partial charge is 0.238 e. The van der Waals surface area contributed by atoms with E-state index < -0.39 is 16.9 Å². The Labute approximate surface area is 241 Å². The van der Waals surface area contributed by atoms with E-state index in [9.17, 15) is 25.2 Å². The summed E-state index contributed by atoms with van der Waals surface area (Å²) >= 11 is 0. The minimum atomic E-state index is -0.789. The first-order valence-electron chi connectivity index (χ1n) is 14.7.